The molecule has 0 saturated heterocycles. The molecule has 2 heterocycles. The molecule has 0 aliphatic carbocycles. The Hall–Kier alpha value is -4.23. The van der Waals surface area contributed by atoms with Crippen molar-refractivity contribution in [1.82, 2.24) is 19.5 Å². The molecule has 2 aromatic carbocycles. The van der Waals surface area contributed by atoms with Crippen LogP contribution in [0.2, 0.25) is 5.02 Å². The fourth-order valence-corrected chi connectivity index (χ4v) is 3.46. The first-order chi connectivity index (χ1) is 15.4. The minimum atomic E-state index is -0.536. The molecule has 4 rings (SSSR count). The Balaban J connectivity index is 1.76. The Bertz CT molecular complexity index is 1450. The average molecular weight is 451 g/mol. The number of nitrogens with two attached hydrogens (primary N) is 2. The highest BCUT2D eigenvalue weighted by Crippen LogP contribution is 2.20. The van der Waals surface area contributed by atoms with Crippen molar-refractivity contribution in [1.29, 1.82) is 5.26 Å². The highest BCUT2D eigenvalue weighted by Gasteiger charge is 2.15. The maximum atomic E-state index is 13.8. The summed E-state index contributed by atoms with van der Waals surface area (Å²) in [5.41, 5.74) is 11.8. The van der Waals surface area contributed by atoms with Crippen LogP contribution in [-0.4, -0.2) is 26.1 Å². The first kappa shape index (κ1) is 21.0. The van der Waals surface area contributed by atoms with Crippen molar-refractivity contribution in [2.45, 2.75) is 6.42 Å². The molecule has 160 valence electrons. The van der Waals surface area contributed by atoms with E-state index >= 15 is 0 Å². The molecule has 5 N–H and O–H groups in total. The fourth-order valence-electron chi connectivity index (χ4n) is 3.28. The van der Waals surface area contributed by atoms with Crippen molar-refractivity contribution in [3.05, 3.63) is 75.0 Å². The molecule has 32 heavy (non-hydrogen) atoms. The van der Waals surface area contributed by atoms with Crippen molar-refractivity contribution >= 4 is 40.1 Å². The van der Waals surface area contributed by atoms with Crippen LogP contribution in [0, 0.1) is 17.1 Å². The summed E-state index contributed by atoms with van der Waals surface area (Å²) in [6, 6.07) is 12.5. The second kappa shape index (κ2) is 8.49. The van der Waals surface area contributed by atoms with E-state index in [1.165, 1.54) is 16.7 Å². The Kier molecular flexibility index (Phi) is 5.57. The number of nitrogens with zero attached hydrogens (tertiary/aromatic N) is 5. The van der Waals surface area contributed by atoms with Crippen LogP contribution in [-0.2, 0) is 6.42 Å². The lowest BCUT2D eigenvalue weighted by atomic mass is 10.2. The number of nitrogen functional groups attached to an aromatic ring is 2. The van der Waals surface area contributed by atoms with Gasteiger partial charge in [0, 0.05) is 18.0 Å². The first-order valence-corrected chi connectivity index (χ1v) is 9.79. The minimum absolute atomic E-state index is 0.0378. The van der Waals surface area contributed by atoms with Gasteiger partial charge in [-0.25, -0.2) is 9.37 Å². The van der Waals surface area contributed by atoms with E-state index < -0.39 is 11.4 Å². The highest BCUT2D eigenvalue weighted by molar-refractivity contribution is 6.30. The quantitative estimate of drug-likeness (QED) is 0.420. The van der Waals surface area contributed by atoms with Crippen LogP contribution in [0.15, 0.2) is 47.3 Å². The third kappa shape index (κ3) is 4.01. The summed E-state index contributed by atoms with van der Waals surface area (Å²) in [6.45, 7) is 0.240. The van der Waals surface area contributed by atoms with E-state index in [1.807, 2.05) is 6.07 Å². The number of hydrogen-bond acceptors (Lipinski definition) is 8. The Morgan fingerprint density at radius 3 is 2.72 bits per heavy atom. The van der Waals surface area contributed by atoms with Crippen LogP contribution in [0.1, 0.15) is 11.4 Å². The summed E-state index contributed by atoms with van der Waals surface area (Å²) < 4.78 is 15.2. The molecule has 0 bridgehead atoms. The van der Waals surface area contributed by atoms with Gasteiger partial charge >= 0.3 is 0 Å². The third-order valence-corrected chi connectivity index (χ3v) is 4.91. The van der Waals surface area contributed by atoms with Gasteiger partial charge in [-0.15, -0.1) is 0 Å². The van der Waals surface area contributed by atoms with E-state index in [2.05, 4.69) is 20.3 Å². The van der Waals surface area contributed by atoms with Gasteiger partial charge in [-0.1, -0.05) is 17.7 Å². The van der Waals surface area contributed by atoms with E-state index in [1.54, 1.807) is 24.3 Å². The molecule has 0 amide bonds. The number of nitrogens with one attached hydrogen (secondary N) is 1. The van der Waals surface area contributed by atoms with Gasteiger partial charge in [-0.05, 0) is 36.4 Å². The van der Waals surface area contributed by atoms with Crippen molar-refractivity contribution in [3.8, 4) is 11.8 Å². The van der Waals surface area contributed by atoms with Gasteiger partial charge in [0.15, 0.2) is 5.82 Å². The van der Waals surface area contributed by atoms with Crippen molar-refractivity contribution in [3.63, 3.8) is 0 Å². The zero-order chi connectivity index (χ0) is 22.8. The maximum Gasteiger partial charge on any atom is 0.266 e. The van der Waals surface area contributed by atoms with Crippen molar-refractivity contribution < 1.29 is 4.39 Å². The molecule has 0 spiro atoms. The Morgan fingerprint density at radius 2 is 1.97 bits per heavy atom. The van der Waals surface area contributed by atoms with Crippen LogP contribution in [0.25, 0.3) is 16.6 Å². The number of hydrogen-bond donors (Lipinski definition) is 3. The second-order valence-electron chi connectivity index (χ2n) is 6.79. The number of nitriles is 1. The largest absolute Gasteiger partial charge is 0.382 e. The fraction of sp³-hybridized carbons (Fsp3) is 0.0952. The molecule has 0 saturated carbocycles. The number of rotatable bonds is 5. The predicted molar refractivity (Wildman–Crippen MR) is 120 cm³/mol. The number of fused-ring (bicyclic) bond motifs is 1. The van der Waals surface area contributed by atoms with Gasteiger partial charge in [0.05, 0.1) is 16.6 Å². The molecule has 0 fully saturated rings. The number of anilines is 3. The molecule has 0 aliphatic rings. The number of halogens is 2. The van der Waals surface area contributed by atoms with Gasteiger partial charge in [-0.3, -0.25) is 9.36 Å². The predicted octanol–water partition coefficient (Wildman–Crippen LogP) is 2.66. The summed E-state index contributed by atoms with van der Waals surface area (Å²) in [6.07, 6.45) is 0.254. The molecule has 0 atom stereocenters. The zero-order valence-electron chi connectivity index (χ0n) is 16.5. The molecule has 0 radical (unpaired) electrons. The van der Waals surface area contributed by atoms with Crippen molar-refractivity contribution in [2.24, 2.45) is 0 Å². The molecule has 0 unspecified atom stereocenters. The molecule has 9 nitrogen and oxygen atoms in total. The van der Waals surface area contributed by atoms with Gasteiger partial charge in [0.2, 0.25) is 5.95 Å². The molecule has 11 heteroatoms. The second-order valence-corrected chi connectivity index (χ2v) is 7.23. The summed E-state index contributed by atoms with van der Waals surface area (Å²) in [7, 11) is 0. The van der Waals surface area contributed by atoms with E-state index in [0.29, 0.717) is 22.1 Å². The monoisotopic (exact) mass is 450 g/mol. The van der Waals surface area contributed by atoms with Gasteiger partial charge < -0.3 is 16.8 Å². The summed E-state index contributed by atoms with van der Waals surface area (Å²) in [5, 5.41) is 12.9. The van der Waals surface area contributed by atoms with Crippen LogP contribution < -0.4 is 22.3 Å². The van der Waals surface area contributed by atoms with Crippen LogP contribution in [0.5, 0.6) is 0 Å². The van der Waals surface area contributed by atoms with E-state index in [4.69, 9.17) is 23.1 Å². The molecular weight excluding hydrogens is 435 g/mol. The summed E-state index contributed by atoms with van der Waals surface area (Å²) in [5.74, 6) is -0.0734. The van der Waals surface area contributed by atoms with Gasteiger partial charge in [0.1, 0.15) is 29.1 Å². The lowest BCUT2D eigenvalue weighted by Crippen LogP contribution is -2.25. The minimum Gasteiger partial charge on any atom is -0.382 e. The Labute approximate surface area is 186 Å². The third-order valence-electron chi connectivity index (χ3n) is 4.67. The number of aromatic nitrogens is 4. The van der Waals surface area contributed by atoms with Crippen LogP contribution >= 0.6 is 11.6 Å². The lowest BCUT2D eigenvalue weighted by molar-refractivity contribution is 0.629. The average Bonchev–Trinajstić information content (AvgIpc) is 2.74. The van der Waals surface area contributed by atoms with Crippen LogP contribution in [0.4, 0.5) is 22.0 Å². The topological polar surface area (TPSA) is 149 Å². The van der Waals surface area contributed by atoms with Gasteiger partial charge in [-0.2, -0.15) is 15.2 Å². The highest BCUT2D eigenvalue weighted by atomic mass is 35.5. The summed E-state index contributed by atoms with van der Waals surface area (Å²) in [4.78, 5) is 25.6. The van der Waals surface area contributed by atoms with E-state index in [9.17, 15) is 14.4 Å². The standard InChI is InChI=1S/C21H16ClFN8O/c22-11-2-1-3-13(8-11)31-17(28-16-5-4-12(23)9-14(16)20(31)32)6-7-27-19-15(10-24)18(25)29-21(26)30-19/h1-5,8-9H,6-7H2,(H5,25,26,27,29,30). The van der Waals surface area contributed by atoms with E-state index in [-0.39, 0.29) is 41.5 Å². The number of benzene rings is 2. The van der Waals surface area contributed by atoms with Crippen molar-refractivity contribution in [2.75, 3.05) is 23.3 Å². The normalized spacial score (nSPS) is 10.8. The molecule has 0 aliphatic heterocycles. The Morgan fingerprint density at radius 1 is 1.16 bits per heavy atom. The van der Waals surface area contributed by atoms with E-state index in [0.717, 1.165) is 6.07 Å². The molecule has 4 aromatic rings. The SMILES string of the molecule is N#Cc1c(N)nc(N)nc1NCCc1nc2ccc(F)cc2c(=O)n1-c1cccc(Cl)c1. The van der Waals surface area contributed by atoms with Crippen LogP contribution in [0.3, 0.4) is 0 Å². The smallest absolute Gasteiger partial charge is 0.266 e. The van der Waals surface area contributed by atoms with Gasteiger partial charge in [0.25, 0.3) is 5.56 Å². The zero-order valence-corrected chi connectivity index (χ0v) is 17.3. The molecular formula is C21H16ClFN8O. The first-order valence-electron chi connectivity index (χ1n) is 9.41. The maximum absolute atomic E-state index is 13.8. The lowest BCUT2D eigenvalue weighted by Gasteiger charge is -2.15. The molecule has 2 aromatic heterocycles. The summed E-state index contributed by atoms with van der Waals surface area (Å²) >= 11 is 6.11.